The number of benzene rings is 2. The summed E-state index contributed by atoms with van der Waals surface area (Å²) in [6, 6.07) is 14.0. The van der Waals surface area contributed by atoms with Gasteiger partial charge in [0.2, 0.25) is 0 Å². The van der Waals surface area contributed by atoms with Crippen LogP contribution in [0, 0.1) is 5.82 Å². The molecule has 40 heavy (non-hydrogen) atoms. The quantitative estimate of drug-likeness (QED) is 0.397. The van der Waals surface area contributed by atoms with E-state index in [2.05, 4.69) is 27.5 Å². The van der Waals surface area contributed by atoms with Gasteiger partial charge >= 0.3 is 6.03 Å². The lowest BCUT2D eigenvalue weighted by atomic mass is 9.93. The average Bonchev–Trinajstić information content (AvgIpc) is 3.59. The number of likely N-dealkylation sites (tertiary alicyclic amines) is 1. The number of aryl methyl sites for hydroxylation is 1. The molecule has 9 nitrogen and oxygen atoms in total. The Bertz CT molecular complexity index is 1620. The molecule has 10 heteroatoms. The molecule has 2 aromatic carbocycles. The molecule has 0 saturated carbocycles. The van der Waals surface area contributed by atoms with Crippen molar-refractivity contribution in [3.63, 3.8) is 0 Å². The Kier molecular flexibility index (Phi) is 6.71. The van der Waals surface area contributed by atoms with E-state index in [4.69, 9.17) is 0 Å². The maximum atomic E-state index is 15.2. The van der Waals surface area contributed by atoms with Gasteiger partial charge in [0.05, 0.1) is 24.0 Å². The molecule has 0 bridgehead atoms. The zero-order chi connectivity index (χ0) is 28.0. The molecule has 206 valence electrons. The topological polar surface area (TPSA) is 103 Å². The lowest BCUT2D eigenvalue weighted by molar-refractivity contribution is 0.0670. The highest BCUT2D eigenvalue weighted by atomic mass is 19.1. The molecule has 2 N–H and O–H groups in total. The number of anilines is 1. The van der Waals surface area contributed by atoms with E-state index in [0.717, 1.165) is 17.5 Å². The summed E-state index contributed by atoms with van der Waals surface area (Å²) in [5.41, 5.74) is 5.10. The van der Waals surface area contributed by atoms with Gasteiger partial charge < -0.3 is 20.2 Å². The Hall–Kier alpha value is -4.31. The van der Waals surface area contributed by atoms with Crippen molar-refractivity contribution in [1.29, 1.82) is 0 Å². The number of urea groups is 1. The number of aliphatic hydroxyl groups excluding tert-OH is 1. The number of hydrogen-bond acceptors (Lipinski definition) is 5. The van der Waals surface area contributed by atoms with Crippen LogP contribution >= 0.6 is 0 Å². The Labute approximate surface area is 231 Å². The summed E-state index contributed by atoms with van der Waals surface area (Å²) in [4.78, 5) is 34.0. The summed E-state index contributed by atoms with van der Waals surface area (Å²) < 4.78 is 16.8. The predicted octanol–water partition coefficient (Wildman–Crippen LogP) is 4.46. The number of halogens is 1. The average molecular weight is 543 g/mol. The van der Waals surface area contributed by atoms with Crippen LogP contribution in [0.1, 0.15) is 53.5 Å². The predicted molar refractivity (Wildman–Crippen MR) is 149 cm³/mol. The van der Waals surface area contributed by atoms with E-state index < -0.39 is 11.9 Å². The van der Waals surface area contributed by atoms with Crippen molar-refractivity contribution in [1.82, 2.24) is 24.4 Å². The highest BCUT2D eigenvalue weighted by Crippen LogP contribution is 2.31. The van der Waals surface area contributed by atoms with Crippen molar-refractivity contribution < 1.29 is 19.1 Å². The minimum absolute atomic E-state index is 0.0676. The molecule has 0 aliphatic carbocycles. The van der Waals surface area contributed by atoms with Gasteiger partial charge in [0.1, 0.15) is 11.5 Å². The van der Waals surface area contributed by atoms with E-state index >= 15 is 4.39 Å². The molecule has 2 aliphatic rings. The van der Waals surface area contributed by atoms with Gasteiger partial charge in [-0.05, 0) is 67.1 Å². The second kappa shape index (κ2) is 10.3. The smallest absolute Gasteiger partial charge is 0.321 e. The fourth-order valence-corrected chi connectivity index (χ4v) is 5.66. The number of aromatic nitrogens is 3. The lowest BCUT2D eigenvalue weighted by Gasteiger charge is -2.35. The fraction of sp³-hybridized carbons (Fsp3) is 0.333. The summed E-state index contributed by atoms with van der Waals surface area (Å²) in [7, 11) is 0. The van der Waals surface area contributed by atoms with Crippen molar-refractivity contribution in [2.24, 2.45) is 0 Å². The number of nitrogens with zero attached hydrogens (tertiary/aromatic N) is 5. The van der Waals surface area contributed by atoms with Crippen molar-refractivity contribution in [3.8, 4) is 11.3 Å². The van der Waals surface area contributed by atoms with E-state index in [1.165, 1.54) is 16.5 Å². The van der Waals surface area contributed by atoms with Crippen LogP contribution in [-0.4, -0.2) is 67.2 Å². The first-order valence-electron chi connectivity index (χ1n) is 13.6. The third-order valence-corrected chi connectivity index (χ3v) is 7.90. The van der Waals surface area contributed by atoms with E-state index in [1.807, 2.05) is 30.9 Å². The van der Waals surface area contributed by atoms with Gasteiger partial charge in [0.25, 0.3) is 5.91 Å². The van der Waals surface area contributed by atoms with Crippen LogP contribution in [0.2, 0.25) is 0 Å². The number of amides is 3. The summed E-state index contributed by atoms with van der Waals surface area (Å²) in [6.07, 6.45) is 3.04. The molecule has 4 heterocycles. The number of carbonyl (C=O) groups is 2. The minimum Gasteiger partial charge on any atom is -0.391 e. The van der Waals surface area contributed by atoms with Crippen molar-refractivity contribution in [2.45, 2.75) is 45.3 Å². The molecular weight excluding hydrogens is 511 g/mol. The second-order valence-electron chi connectivity index (χ2n) is 10.4. The van der Waals surface area contributed by atoms with E-state index in [1.54, 1.807) is 28.9 Å². The first-order valence-corrected chi connectivity index (χ1v) is 13.6. The van der Waals surface area contributed by atoms with E-state index in [-0.39, 0.29) is 30.1 Å². The normalized spacial score (nSPS) is 18.7. The van der Waals surface area contributed by atoms with Gasteiger partial charge in [-0.25, -0.2) is 18.7 Å². The molecule has 0 unspecified atom stereocenters. The SMILES string of the molecule is CCc1cc(C(=O)N2CCc3ccccc3[C@H]2C)nn2cc(-c3ccc(NC(=O)N4CC[C@@H](O)C4)cc3F)nc12. The van der Waals surface area contributed by atoms with Gasteiger partial charge in [0.15, 0.2) is 5.65 Å². The van der Waals surface area contributed by atoms with Crippen LogP contribution in [0.4, 0.5) is 14.9 Å². The standard InChI is InChI=1S/C30H31FN6O3/c1-3-19-14-26(29(39)36-13-10-20-6-4-5-7-23(20)18(36)2)34-37-17-27(33-28(19)37)24-9-8-21(15-25(24)31)32-30(40)35-12-11-22(38)16-35/h4-9,14-15,17-18,22,38H,3,10-13,16H2,1-2H3,(H,32,40)/t18-,22-/m1/s1. The number of aliphatic hydroxyl groups is 1. The van der Waals surface area contributed by atoms with Gasteiger partial charge in [-0.15, -0.1) is 0 Å². The number of fused-ring (bicyclic) bond motifs is 2. The third-order valence-electron chi connectivity index (χ3n) is 7.90. The molecule has 4 aromatic rings. The highest BCUT2D eigenvalue weighted by Gasteiger charge is 2.30. The largest absolute Gasteiger partial charge is 0.391 e. The van der Waals surface area contributed by atoms with Crippen molar-refractivity contribution >= 4 is 23.3 Å². The third kappa shape index (κ3) is 4.68. The maximum absolute atomic E-state index is 15.2. The fourth-order valence-electron chi connectivity index (χ4n) is 5.66. The molecule has 1 saturated heterocycles. The van der Waals surface area contributed by atoms with Crippen LogP contribution in [0.25, 0.3) is 16.9 Å². The molecule has 2 aliphatic heterocycles. The van der Waals surface area contributed by atoms with Crippen molar-refractivity contribution in [3.05, 3.63) is 82.9 Å². The van der Waals surface area contributed by atoms with Gasteiger partial charge in [0, 0.05) is 30.9 Å². The summed E-state index contributed by atoms with van der Waals surface area (Å²) in [5.74, 6) is -0.691. The molecule has 0 radical (unpaired) electrons. The Morgan fingerprint density at radius 2 is 1.98 bits per heavy atom. The number of hydrogen-bond donors (Lipinski definition) is 2. The number of rotatable bonds is 4. The monoisotopic (exact) mass is 542 g/mol. The Morgan fingerprint density at radius 1 is 1.15 bits per heavy atom. The summed E-state index contributed by atoms with van der Waals surface area (Å²) >= 11 is 0. The number of carbonyl (C=O) groups excluding carboxylic acids is 2. The molecule has 6 rings (SSSR count). The van der Waals surface area contributed by atoms with E-state index in [9.17, 15) is 14.7 Å². The van der Waals surface area contributed by atoms with Gasteiger partial charge in [-0.1, -0.05) is 31.2 Å². The minimum atomic E-state index is -0.544. The molecular formula is C30H31FN6O3. The molecule has 2 atom stereocenters. The first-order chi connectivity index (χ1) is 19.3. The number of nitrogens with one attached hydrogen (secondary N) is 1. The Morgan fingerprint density at radius 3 is 2.73 bits per heavy atom. The van der Waals surface area contributed by atoms with Crippen LogP contribution in [0.15, 0.2) is 54.7 Å². The van der Waals surface area contributed by atoms with Gasteiger partial charge in [-0.3, -0.25) is 4.79 Å². The van der Waals surface area contributed by atoms with Crippen LogP contribution < -0.4 is 5.32 Å². The number of imidazole rings is 1. The van der Waals surface area contributed by atoms with Gasteiger partial charge in [-0.2, -0.15) is 5.10 Å². The van der Waals surface area contributed by atoms with Crippen LogP contribution in [0.5, 0.6) is 0 Å². The summed E-state index contributed by atoms with van der Waals surface area (Å²) in [5, 5.41) is 16.9. The zero-order valence-corrected chi connectivity index (χ0v) is 22.5. The first kappa shape index (κ1) is 25.9. The molecule has 2 aromatic heterocycles. The van der Waals surface area contributed by atoms with Crippen LogP contribution in [-0.2, 0) is 12.8 Å². The van der Waals surface area contributed by atoms with Crippen LogP contribution in [0.3, 0.4) is 0 Å². The molecule has 0 spiro atoms. The van der Waals surface area contributed by atoms with E-state index in [0.29, 0.717) is 48.7 Å². The zero-order valence-electron chi connectivity index (χ0n) is 22.5. The molecule has 3 amide bonds. The summed E-state index contributed by atoms with van der Waals surface area (Å²) in [6.45, 7) is 5.34. The Balaban J connectivity index is 1.26. The van der Waals surface area contributed by atoms with Crippen molar-refractivity contribution in [2.75, 3.05) is 25.0 Å². The maximum Gasteiger partial charge on any atom is 0.321 e. The number of β-amino-alcohol motifs (C(OH)–C–C–N with tert-alkyl or cyclic N) is 1. The molecule has 1 fully saturated rings. The highest BCUT2D eigenvalue weighted by molar-refractivity contribution is 5.93. The second-order valence-corrected chi connectivity index (χ2v) is 10.4. The lowest BCUT2D eigenvalue weighted by Crippen LogP contribution is -2.39.